The molecule has 0 aromatic rings. The van der Waals surface area contributed by atoms with Gasteiger partial charge in [-0.2, -0.15) is 0 Å². The molecule has 0 spiro atoms. The average Bonchev–Trinajstić information content (AvgIpc) is 2.57. The van der Waals surface area contributed by atoms with Crippen LogP contribution >= 0.6 is 0 Å². The van der Waals surface area contributed by atoms with Crippen LogP contribution in [0.15, 0.2) is 12.7 Å². The summed E-state index contributed by atoms with van der Waals surface area (Å²) in [6, 6.07) is 0. The molecule has 0 amide bonds. The molecule has 0 saturated heterocycles. The van der Waals surface area contributed by atoms with Crippen molar-refractivity contribution in [3.8, 4) is 0 Å². The molecule has 140 valence electrons. The molecule has 0 aliphatic heterocycles. The molecule has 24 heavy (non-hydrogen) atoms. The minimum atomic E-state index is -0.528. The standard InChI is InChI=1S/C20H36O4/c1-5-6-7-8-9-10-11-12-14-19(17(2)21)15-13-16-24-20(22)18(3)23-4/h5,18-19H,1,6-16H2,2-4H3. The number of carbonyl (C=O) groups is 2. The third-order valence-corrected chi connectivity index (χ3v) is 4.41. The van der Waals surface area contributed by atoms with E-state index in [9.17, 15) is 9.59 Å². The van der Waals surface area contributed by atoms with E-state index in [1.807, 2.05) is 6.08 Å². The summed E-state index contributed by atoms with van der Waals surface area (Å²) in [6.07, 6.45) is 12.4. The lowest BCUT2D eigenvalue weighted by Gasteiger charge is -2.14. The number of Topliss-reactive ketones (excluding diaryl/α,β-unsaturated/α-hetero) is 1. The molecule has 0 aromatic carbocycles. The molecule has 2 atom stereocenters. The van der Waals surface area contributed by atoms with E-state index in [-0.39, 0.29) is 17.7 Å². The molecule has 4 heteroatoms. The zero-order valence-corrected chi connectivity index (χ0v) is 15.9. The van der Waals surface area contributed by atoms with Crippen LogP contribution in [0.5, 0.6) is 0 Å². The molecule has 0 rings (SSSR count). The quantitative estimate of drug-likeness (QED) is 0.229. The third kappa shape index (κ3) is 12.3. The minimum Gasteiger partial charge on any atom is -0.464 e. The number of rotatable bonds is 16. The SMILES string of the molecule is C=CCCCCCCCCC(CCCOC(=O)C(C)OC)C(C)=O. The van der Waals surface area contributed by atoms with E-state index in [4.69, 9.17) is 9.47 Å². The molecular weight excluding hydrogens is 304 g/mol. The fourth-order valence-corrected chi connectivity index (χ4v) is 2.65. The number of esters is 1. The number of ketones is 1. The summed E-state index contributed by atoms with van der Waals surface area (Å²) >= 11 is 0. The second-order valence-electron chi connectivity index (χ2n) is 6.48. The van der Waals surface area contributed by atoms with Gasteiger partial charge in [0.1, 0.15) is 5.78 Å². The van der Waals surface area contributed by atoms with Crippen molar-refractivity contribution in [3.63, 3.8) is 0 Å². The summed E-state index contributed by atoms with van der Waals surface area (Å²) in [4.78, 5) is 23.2. The molecule has 0 bridgehead atoms. The van der Waals surface area contributed by atoms with Gasteiger partial charge in [-0.3, -0.25) is 4.79 Å². The van der Waals surface area contributed by atoms with Crippen LogP contribution in [0.1, 0.15) is 78.1 Å². The van der Waals surface area contributed by atoms with Gasteiger partial charge in [0.15, 0.2) is 6.10 Å². The number of allylic oxidation sites excluding steroid dienone is 1. The maximum Gasteiger partial charge on any atom is 0.334 e. The van der Waals surface area contributed by atoms with Gasteiger partial charge >= 0.3 is 5.97 Å². The summed E-state index contributed by atoms with van der Waals surface area (Å²) in [5.74, 6) is 0.00946. The first-order valence-electron chi connectivity index (χ1n) is 9.33. The van der Waals surface area contributed by atoms with E-state index in [2.05, 4.69) is 6.58 Å². The number of methoxy groups -OCH3 is 1. The van der Waals surface area contributed by atoms with Gasteiger partial charge < -0.3 is 9.47 Å². The Hall–Kier alpha value is -1.16. The topological polar surface area (TPSA) is 52.6 Å². The maximum atomic E-state index is 11.7. The van der Waals surface area contributed by atoms with Crippen molar-refractivity contribution in [2.24, 2.45) is 5.92 Å². The lowest BCUT2D eigenvalue weighted by molar-refractivity contribution is -0.154. The number of ether oxygens (including phenoxy) is 2. The summed E-state index contributed by atoms with van der Waals surface area (Å²) in [7, 11) is 1.48. The second kappa shape index (κ2) is 15.4. The van der Waals surface area contributed by atoms with Crippen LogP contribution in [-0.4, -0.2) is 31.6 Å². The van der Waals surface area contributed by atoms with E-state index < -0.39 is 6.10 Å². The summed E-state index contributed by atoms with van der Waals surface area (Å²) in [5, 5.41) is 0. The minimum absolute atomic E-state index is 0.101. The molecule has 0 fully saturated rings. The van der Waals surface area contributed by atoms with Crippen molar-refractivity contribution in [1.29, 1.82) is 0 Å². The van der Waals surface area contributed by atoms with E-state index in [0.717, 1.165) is 32.1 Å². The summed E-state index contributed by atoms with van der Waals surface area (Å²) < 4.78 is 10.0. The van der Waals surface area contributed by atoms with Gasteiger partial charge in [-0.1, -0.05) is 38.2 Å². The van der Waals surface area contributed by atoms with E-state index >= 15 is 0 Å². The molecule has 0 aliphatic carbocycles. The second-order valence-corrected chi connectivity index (χ2v) is 6.48. The normalized spacial score (nSPS) is 13.3. The lowest BCUT2D eigenvalue weighted by Crippen LogP contribution is -2.22. The maximum absolute atomic E-state index is 11.7. The Morgan fingerprint density at radius 2 is 1.58 bits per heavy atom. The Morgan fingerprint density at radius 3 is 2.17 bits per heavy atom. The highest BCUT2D eigenvalue weighted by Gasteiger charge is 2.15. The molecule has 0 N–H and O–H groups in total. The van der Waals surface area contributed by atoms with Crippen molar-refractivity contribution < 1.29 is 19.1 Å². The zero-order chi connectivity index (χ0) is 18.2. The molecule has 0 radical (unpaired) electrons. The van der Waals surface area contributed by atoms with Gasteiger partial charge in [-0.15, -0.1) is 6.58 Å². The summed E-state index contributed by atoms with van der Waals surface area (Å²) in [5.41, 5.74) is 0. The molecule has 2 unspecified atom stereocenters. The average molecular weight is 341 g/mol. The highest BCUT2D eigenvalue weighted by Crippen LogP contribution is 2.18. The van der Waals surface area contributed by atoms with E-state index in [1.54, 1.807) is 13.8 Å². The first-order valence-corrected chi connectivity index (χ1v) is 9.33. The van der Waals surface area contributed by atoms with Crippen molar-refractivity contribution in [2.75, 3.05) is 13.7 Å². The van der Waals surface area contributed by atoms with Crippen molar-refractivity contribution in [3.05, 3.63) is 12.7 Å². The van der Waals surface area contributed by atoms with Crippen LogP contribution in [0.25, 0.3) is 0 Å². The van der Waals surface area contributed by atoms with Crippen LogP contribution in [0.2, 0.25) is 0 Å². The predicted molar refractivity (Wildman–Crippen MR) is 98.0 cm³/mol. The third-order valence-electron chi connectivity index (χ3n) is 4.41. The monoisotopic (exact) mass is 340 g/mol. The molecular formula is C20H36O4. The highest BCUT2D eigenvalue weighted by molar-refractivity contribution is 5.78. The number of unbranched alkanes of at least 4 members (excludes halogenated alkanes) is 6. The zero-order valence-electron chi connectivity index (χ0n) is 15.9. The lowest BCUT2D eigenvalue weighted by atomic mass is 9.92. The molecule has 0 aliphatic rings. The Bertz CT molecular complexity index is 352. The van der Waals surface area contributed by atoms with Gasteiger partial charge in [0.05, 0.1) is 6.61 Å². The van der Waals surface area contributed by atoms with Crippen molar-refractivity contribution >= 4 is 11.8 Å². The summed E-state index contributed by atoms with van der Waals surface area (Å²) in [6.45, 7) is 7.42. The van der Waals surface area contributed by atoms with Gasteiger partial charge in [0, 0.05) is 13.0 Å². The Labute approximate surface area is 148 Å². The predicted octanol–water partition coefficient (Wildman–Crippen LogP) is 4.86. The molecule has 0 aromatic heterocycles. The van der Waals surface area contributed by atoms with Crippen molar-refractivity contribution in [1.82, 2.24) is 0 Å². The van der Waals surface area contributed by atoms with E-state index in [0.29, 0.717) is 6.61 Å². The van der Waals surface area contributed by atoms with Crippen LogP contribution < -0.4 is 0 Å². The van der Waals surface area contributed by atoms with Crippen LogP contribution in [0.4, 0.5) is 0 Å². The Balaban J connectivity index is 3.73. The fourth-order valence-electron chi connectivity index (χ4n) is 2.65. The van der Waals surface area contributed by atoms with Gasteiger partial charge in [0.25, 0.3) is 0 Å². The number of carbonyl (C=O) groups excluding carboxylic acids is 2. The van der Waals surface area contributed by atoms with Crippen LogP contribution in [-0.2, 0) is 19.1 Å². The smallest absolute Gasteiger partial charge is 0.334 e. The Morgan fingerprint density at radius 1 is 1.00 bits per heavy atom. The van der Waals surface area contributed by atoms with E-state index in [1.165, 1.54) is 39.2 Å². The molecule has 0 heterocycles. The largest absolute Gasteiger partial charge is 0.464 e. The molecule has 4 nitrogen and oxygen atoms in total. The van der Waals surface area contributed by atoms with Gasteiger partial charge in [-0.25, -0.2) is 4.79 Å². The fraction of sp³-hybridized carbons (Fsp3) is 0.800. The van der Waals surface area contributed by atoms with Gasteiger partial charge in [-0.05, 0) is 46.0 Å². The number of hydrogen-bond acceptors (Lipinski definition) is 4. The first-order chi connectivity index (χ1) is 11.5. The van der Waals surface area contributed by atoms with Crippen molar-refractivity contribution in [2.45, 2.75) is 84.2 Å². The Kier molecular flexibility index (Phi) is 14.6. The molecule has 0 saturated carbocycles. The first kappa shape index (κ1) is 22.8. The number of hydrogen-bond donors (Lipinski definition) is 0. The van der Waals surface area contributed by atoms with Crippen LogP contribution in [0, 0.1) is 5.92 Å². The van der Waals surface area contributed by atoms with Gasteiger partial charge in [0.2, 0.25) is 0 Å². The van der Waals surface area contributed by atoms with Crippen LogP contribution in [0.3, 0.4) is 0 Å². The highest BCUT2D eigenvalue weighted by atomic mass is 16.6.